The molecular formula is C14H18BrN3. The Balaban J connectivity index is 2.24. The summed E-state index contributed by atoms with van der Waals surface area (Å²) in [6.45, 7) is 6.33. The topological polar surface area (TPSA) is 29.9 Å². The Morgan fingerprint density at radius 1 is 1.33 bits per heavy atom. The smallest absolute Gasteiger partial charge is 0.0649 e. The van der Waals surface area contributed by atoms with E-state index in [0.29, 0.717) is 0 Å². The standard InChI is InChI=1S/C14H18BrN3/c1-9(14-10(2)17-18(4)11(14)3)16-13-7-5-6-12(15)8-13/h5-9,16H,1-4H3. The number of benzene rings is 1. The molecule has 2 rings (SSSR count). The number of nitrogens with one attached hydrogen (secondary N) is 1. The third-order valence-corrected chi connectivity index (χ3v) is 3.70. The Morgan fingerprint density at radius 3 is 2.61 bits per heavy atom. The zero-order valence-electron chi connectivity index (χ0n) is 11.2. The molecule has 0 bridgehead atoms. The highest BCUT2D eigenvalue weighted by Crippen LogP contribution is 2.25. The first-order valence-corrected chi connectivity index (χ1v) is 6.80. The third kappa shape index (κ3) is 2.58. The van der Waals surface area contributed by atoms with Gasteiger partial charge in [0.15, 0.2) is 0 Å². The maximum Gasteiger partial charge on any atom is 0.0649 e. The minimum absolute atomic E-state index is 0.244. The van der Waals surface area contributed by atoms with Crippen molar-refractivity contribution in [1.29, 1.82) is 0 Å². The predicted molar refractivity (Wildman–Crippen MR) is 78.9 cm³/mol. The molecule has 0 fully saturated rings. The van der Waals surface area contributed by atoms with Gasteiger partial charge >= 0.3 is 0 Å². The zero-order valence-corrected chi connectivity index (χ0v) is 12.7. The molecule has 0 aliphatic rings. The van der Waals surface area contributed by atoms with Crippen molar-refractivity contribution in [3.63, 3.8) is 0 Å². The lowest BCUT2D eigenvalue weighted by atomic mass is 10.1. The molecule has 1 heterocycles. The van der Waals surface area contributed by atoms with Gasteiger partial charge in [-0.3, -0.25) is 4.68 Å². The van der Waals surface area contributed by atoms with E-state index in [0.717, 1.165) is 15.9 Å². The van der Waals surface area contributed by atoms with Gasteiger partial charge in [-0.1, -0.05) is 22.0 Å². The molecule has 96 valence electrons. The van der Waals surface area contributed by atoms with Crippen LogP contribution in [0, 0.1) is 13.8 Å². The summed E-state index contributed by atoms with van der Waals surface area (Å²) in [5.74, 6) is 0. The molecule has 1 atom stereocenters. The Hall–Kier alpha value is -1.29. The molecule has 2 aromatic rings. The number of nitrogens with zero attached hydrogens (tertiary/aromatic N) is 2. The summed E-state index contributed by atoms with van der Waals surface area (Å²) in [7, 11) is 1.98. The normalized spacial score (nSPS) is 12.5. The number of aromatic nitrogens is 2. The van der Waals surface area contributed by atoms with Crippen molar-refractivity contribution in [3.05, 3.63) is 45.7 Å². The molecule has 3 nitrogen and oxygen atoms in total. The van der Waals surface area contributed by atoms with Crippen molar-refractivity contribution in [3.8, 4) is 0 Å². The molecule has 4 heteroatoms. The van der Waals surface area contributed by atoms with Crippen LogP contribution in [0.4, 0.5) is 5.69 Å². The summed E-state index contributed by atoms with van der Waals surface area (Å²) in [5, 5.41) is 7.97. The van der Waals surface area contributed by atoms with Crippen LogP contribution < -0.4 is 5.32 Å². The molecule has 1 N–H and O–H groups in total. The van der Waals surface area contributed by atoms with Gasteiger partial charge in [0.1, 0.15) is 0 Å². The fourth-order valence-electron chi connectivity index (χ4n) is 2.32. The second-order valence-corrected chi connectivity index (χ2v) is 5.50. The van der Waals surface area contributed by atoms with E-state index < -0.39 is 0 Å². The molecule has 0 amide bonds. The number of hydrogen-bond acceptors (Lipinski definition) is 2. The van der Waals surface area contributed by atoms with Gasteiger partial charge in [0, 0.05) is 28.5 Å². The van der Waals surface area contributed by atoms with Gasteiger partial charge < -0.3 is 5.32 Å². The SMILES string of the molecule is Cc1nn(C)c(C)c1C(C)Nc1cccc(Br)c1. The van der Waals surface area contributed by atoms with Crippen LogP contribution in [-0.2, 0) is 7.05 Å². The van der Waals surface area contributed by atoms with E-state index >= 15 is 0 Å². The van der Waals surface area contributed by atoms with E-state index in [1.54, 1.807) is 0 Å². The molecule has 1 aromatic carbocycles. The number of rotatable bonds is 3. The van der Waals surface area contributed by atoms with Gasteiger partial charge in [0.2, 0.25) is 0 Å². The second kappa shape index (κ2) is 5.14. The summed E-state index contributed by atoms with van der Waals surface area (Å²) in [6, 6.07) is 8.45. The average Bonchev–Trinajstić information content (AvgIpc) is 2.53. The van der Waals surface area contributed by atoms with Gasteiger partial charge in [-0.15, -0.1) is 0 Å². The number of hydrogen-bond donors (Lipinski definition) is 1. The predicted octanol–water partition coefficient (Wildman–Crippen LogP) is 3.97. The van der Waals surface area contributed by atoms with E-state index in [-0.39, 0.29) is 6.04 Å². The van der Waals surface area contributed by atoms with Crippen molar-refractivity contribution >= 4 is 21.6 Å². The summed E-state index contributed by atoms with van der Waals surface area (Å²) in [6.07, 6.45) is 0. The molecule has 0 aliphatic carbocycles. The second-order valence-electron chi connectivity index (χ2n) is 4.58. The van der Waals surface area contributed by atoms with Crippen LogP contribution >= 0.6 is 15.9 Å². The third-order valence-electron chi connectivity index (χ3n) is 3.21. The molecule has 0 aliphatic heterocycles. The van der Waals surface area contributed by atoms with E-state index in [2.05, 4.69) is 59.2 Å². The molecule has 1 aromatic heterocycles. The largest absolute Gasteiger partial charge is 0.378 e. The maximum atomic E-state index is 4.46. The first-order chi connectivity index (χ1) is 8.49. The Morgan fingerprint density at radius 2 is 2.06 bits per heavy atom. The fourth-order valence-corrected chi connectivity index (χ4v) is 2.72. The number of anilines is 1. The van der Waals surface area contributed by atoms with Gasteiger partial charge in [-0.2, -0.15) is 5.10 Å². The first kappa shape index (κ1) is 13.1. The lowest BCUT2D eigenvalue weighted by Crippen LogP contribution is -2.08. The lowest BCUT2D eigenvalue weighted by Gasteiger charge is -2.16. The molecule has 1 unspecified atom stereocenters. The highest BCUT2D eigenvalue weighted by atomic mass is 79.9. The fraction of sp³-hybridized carbons (Fsp3) is 0.357. The summed E-state index contributed by atoms with van der Waals surface area (Å²) in [4.78, 5) is 0. The molecule has 0 saturated carbocycles. The maximum absolute atomic E-state index is 4.46. The van der Waals surface area contributed by atoms with Gasteiger partial charge in [0.05, 0.1) is 11.7 Å². The lowest BCUT2D eigenvalue weighted by molar-refractivity contribution is 0.728. The van der Waals surface area contributed by atoms with Crippen molar-refractivity contribution in [1.82, 2.24) is 9.78 Å². The van der Waals surface area contributed by atoms with Gasteiger partial charge in [0.25, 0.3) is 0 Å². The summed E-state index contributed by atoms with van der Waals surface area (Å²) < 4.78 is 3.02. The highest BCUT2D eigenvalue weighted by molar-refractivity contribution is 9.10. The monoisotopic (exact) mass is 307 g/mol. The van der Waals surface area contributed by atoms with Crippen LogP contribution in [0.1, 0.15) is 29.9 Å². The van der Waals surface area contributed by atoms with E-state index in [9.17, 15) is 0 Å². The quantitative estimate of drug-likeness (QED) is 0.929. The van der Waals surface area contributed by atoms with Crippen molar-refractivity contribution in [2.45, 2.75) is 26.8 Å². The molecule has 0 radical (unpaired) electrons. The Labute approximate surface area is 116 Å². The van der Waals surface area contributed by atoms with Crippen LogP contribution in [0.2, 0.25) is 0 Å². The van der Waals surface area contributed by atoms with Crippen molar-refractivity contribution < 1.29 is 0 Å². The number of halogens is 1. The molecule has 0 saturated heterocycles. The van der Waals surface area contributed by atoms with Crippen LogP contribution in [0.15, 0.2) is 28.7 Å². The summed E-state index contributed by atoms with van der Waals surface area (Å²) >= 11 is 3.48. The number of aryl methyl sites for hydroxylation is 2. The Bertz CT molecular complexity index is 560. The highest BCUT2D eigenvalue weighted by Gasteiger charge is 2.15. The van der Waals surface area contributed by atoms with Crippen molar-refractivity contribution in [2.24, 2.45) is 7.05 Å². The molecular weight excluding hydrogens is 290 g/mol. The Kier molecular flexibility index (Phi) is 3.76. The zero-order chi connectivity index (χ0) is 13.3. The van der Waals surface area contributed by atoms with Gasteiger partial charge in [-0.25, -0.2) is 0 Å². The first-order valence-electron chi connectivity index (χ1n) is 6.01. The van der Waals surface area contributed by atoms with E-state index in [4.69, 9.17) is 0 Å². The van der Waals surface area contributed by atoms with Gasteiger partial charge in [-0.05, 0) is 39.0 Å². The van der Waals surface area contributed by atoms with Crippen molar-refractivity contribution in [2.75, 3.05) is 5.32 Å². The van der Waals surface area contributed by atoms with Crippen LogP contribution in [0.3, 0.4) is 0 Å². The van der Waals surface area contributed by atoms with Crippen LogP contribution in [0.25, 0.3) is 0 Å². The molecule has 18 heavy (non-hydrogen) atoms. The van der Waals surface area contributed by atoms with E-state index in [1.807, 2.05) is 23.9 Å². The molecule has 0 spiro atoms. The average molecular weight is 308 g/mol. The minimum atomic E-state index is 0.244. The van der Waals surface area contributed by atoms with Crippen LogP contribution in [-0.4, -0.2) is 9.78 Å². The minimum Gasteiger partial charge on any atom is -0.378 e. The van der Waals surface area contributed by atoms with Crippen LogP contribution in [0.5, 0.6) is 0 Å². The van der Waals surface area contributed by atoms with E-state index in [1.165, 1.54) is 11.3 Å². The summed E-state index contributed by atoms with van der Waals surface area (Å²) in [5.41, 5.74) is 4.68.